The van der Waals surface area contributed by atoms with Gasteiger partial charge in [0, 0.05) is 13.1 Å². The zero-order chi connectivity index (χ0) is 16.6. The molecule has 0 aliphatic heterocycles. The Bertz CT molecular complexity index is 332. The van der Waals surface area contributed by atoms with Crippen molar-refractivity contribution in [3.05, 3.63) is 0 Å². The second-order valence-corrected chi connectivity index (χ2v) is 6.83. The van der Waals surface area contributed by atoms with Gasteiger partial charge in [-0.25, -0.2) is 0 Å². The van der Waals surface area contributed by atoms with Crippen molar-refractivity contribution in [1.29, 1.82) is 0 Å². The normalized spacial score (nSPS) is 14.3. The first-order valence-corrected chi connectivity index (χ1v) is 7.88. The van der Waals surface area contributed by atoms with Crippen molar-refractivity contribution < 1.29 is 14.7 Å². The van der Waals surface area contributed by atoms with E-state index in [1.807, 2.05) is 11.8 Å². The number of nitrogens with one attached hydrogen (secondary N) is 1. The molecule has 0 saturated carbocycles. The van der Waals surface area contributed by atoms with E-state index < -0.39 is 11.5 Å². The van der Waals surface area contributed by atoms with Crippen LogP contribution in [0, 0.1) is 11.8 Å². The van der Waals surface area contributed by atoms with Gasteiger partial charge in [-0.3, -0.25) is 14.9 Å². The topological polar surface area (TPSA) is 69.6 Å². The predicted molar refractivity (Wildman–Crippen MR) is 85.2 cm³/mol. The van der Waals surface area contributed by atoms with Crippen molar-refractivity contribution in [3.63, 3.8) is 0 Å². The Kier molecular flexibility index (Phi) is 8.55. The van der Waals surface area contributed by atoms with Gasteiger partial charge in [0.15, 0.2) is 0 Å². The summed E-state index contributed by atoms with van der Waals surface area (Å²) < 4.78 is 0. The summed E-state index contributed by atoms with van der Waals surface area (Å²) in [6, 6.07) is 0. The maximum Gasteiger partial charge on any atom is 0.323 e. The molecule has 5 nitrogen and oxygen atoms in total. The molecular formula is C16H32N2O3. The van der Waals surface area contributed by atoms with Gasteiger partial charge in [0.25, 0.3) is 0 Å². The lowest BCUT2D eigenvalue weighted by Crippen LogP contribution is -2.53. The van der Waals surface area contributed by atoms with Crippen LogP contribution in [0.2, 0.25) is 0 Å². The SMILES string of the molecule is CCCC(C)(NCC(=O)N(CC(C)C)CC(C)C)C(=O)O. The Balaban J connectivity index is 4.70. The molecule has 124 valence electrons. The molecule has 0 aliphatic rings. The van der Waals surface area contributed by atoms with Crippen molar-refractivity contribution in [2.75, 3.05) is 19.6 Å². The van der Waals surface area contributed by atoms with Crippen LogP contribution in [0.4, 0.5) is 0 Å². The number of carbonyl (C=O) groups is 2. The predicted octanol–water partition coefficient (Wildman–Crippen LogP) is 2.36. The number of carboxylic acids is 1. The monoisotopic (exact) mass is 300 g/mol. The molecule has 0 radical (unpaired) electrons. The highest BCUT2D eigenvalue weighted by Gasteiger charge is 2.32. The van der Waals surface area contributed by atoms with Crippen LogP contribution in [0.5, 0.6) is 0 Å². The summed E-state index contributed by atoms with van der Waals surface area (Å²) in [5, 5.41) is 12.3. The molecule has 0 aromatic heterocycles. The number of carbonyl (C=O) groups excluding carboxylic acids is 1. The molecule has 0 fully saturated rings. The van der Waals surface area contributed by atoms with Crippen LogP contribution in [0.1, 0.15) is 54.4 Å². The summed E-state index contributed by atoms with van der Waals surface area (Å²) in [7, 11) is 0. The smallest absolute Gasteiger partial charge is 0.323 e. The number of rotatable bonds is 10. The van der Waals surface area contributed by atoms with Crippen molar-refractivity contribution in [1.82, 2.24) is 10.2 Å². The maximum atomic E-state index is 12.4. The second-order valence-electron chi connectivity index (χ2n) is 6.83. The highest BCUT2D eigenvalue weighted by atomic mass is 16.4. The molecule has 1 unspecified atom stereocenters. The summed E-state index contributed by atoms with van der Waals surface area (Å²) in [6.07, 6.45) is 1.26. The standard InChI is InChI=1S/C16H32N2O3/c1-7-8-16(6,15(20)21)17-9-14(19)18(10-12(2)3)11-13(4)5/h12-13,17H,7-11H2,1-6H3,(H,20,21). The first kappa shape index (κ1) is 19.9. The summed E-state index contributed by atoms with van der Waals surface area (Å²) in [4.78, 5) is 25.5. The van der Waals surface area contributed by atoms with E-state index in [1.165, 1.54) is 0 Å². The van der Waals surface area contributed by atoms with Gasteiger partial charge in [-0.1, -0.05) is 41.0 Å². The molecule has 0 spiro atoms. The summed E-state index contributed by atoms with van der Waals surface area (Å²) in [5.41, 5.74) is -1.04. The fourth-order valence-corrected chi connectivity index (χ4v) is 2.31. The lowest BCUT2D eigenvalue weighted by Gasteiger charge is -2.30. The molecule has 0 heterocycles. The minimum atomic E-state index is -1.04. The zero-order valence-electron chi connectivity index (χ0n) is 14.4. The quantitative estimate of drug-likeness (QED) is 0.650. The largest absolute Gasteiger partial charge is 0.480 e. The van der Waals surface area contributed by atoms with Crippen molar-refractivity contribution in [2.24, 2.45) is 11.8 Å². The first-order valence-electron chi connectivity index (χ1n) is 7.88. The molecule has 0 aromatic carbocycles. The fraction of sp³-hybridized carbons (Fsp3) is 0.875. The Hall–Kier alpha value is -1.10. The van der Waals surface area contributed by atoms with Crippen molar-refractivity contribution in [3.8, 4) is 0 Å². The minimum absolute atomic E-state index is 0.0269. The van der Waals surface area contributed by atoms with Gasteiger partial charge in [-0.2, -0.15) is 0 Å². The Morgan fingerprint density at radius 2 is 1.62 bits per heavy atom. The van der Waals surface area contributed by atoms with Gasteiger partial charge in [0.05, 0.1) is 6.54 Å². The molecule has 1 atom stereocenters. The number of hydrogen-bond donors (Lipinski definition) is 2. The number of carboxylic acid groups (broad SMARTS) is 1. The number of hydrogen-bond acceptors (Lipinski definition) is 3. The molecule has 0 rings (SSSR count). The Morgan fingerprint density at radius 3 is 1.95 bits per heavy atom. The maximum absolute atomic E-state index is 12.4. The molecule has 0 bridgehead atoms. The van der Waals surface area contributed by atoms with Gasteiger partial charge in [0.2, 0.25) is 5.91 Å². The zero-order valence-corrected chi connectivity index (χ0v) is 14.4. The minimum Gasteiger partial charge on any atom is -0.480 e. The third-order valence-corrected chi connectivity index (χ3v) is 3.38. The van der Waals surface area contributed by atoms with Crippen molar-refractivity contribution in [2.45, 2.75) is 59.9 Å². The summed E-state index contributed by atoms with van der Waals surface area (Å²) >= 11 is 0. The molecule has 21 heavy (non-hydrogen) atoms. The summed E-state index contributed by atoms with van der Waals surface area (Å²) in [6.45, 7) is 13.4. The molecule has 5 heteroatoms. The van der Waals surface area contributed by atoms with E-state index in [0.29, 0.717) is 31.3 Å². The molecule has 0 aliphatic carbocycles. The van der Waals surface area contributed by atoms with E-state index >= 15 is 0 Å². The highest BCUT2D eigenvalue weighted by molar-refractivity contribution is 5.82. The average molecular weight is 300 g/mol. The van der Waals surface area contributed by atoms with E-state index in [-0.39, 0.29) is 12.5 Å². The molecule has 0 saturated heterocycles. The summed E-state index contributed by atoms with van der Waals surface area (Å²) in [5.74, 6) is -0.138. The van der Waals surface area contributed by atoms with Gasteiger partial charge in [0.1, 0.15) is 5.54 Å². The molecular weight excluding hydrogens is 268 g/mol. The van der Waals surface area contributed by atoms with Crippen LogP contribution in [0.3, 0.4) is 0 Å². The van der Waals surface area contributed by atoms with E-state index in [1.54, 1.807) is 6.92 Å². The fourth-order valence-electron chi connectivity index (χ4n) is 2.31. The lowest BCUT2D eigenvalue weighted by molar-refractivity contribution is -0.145. The lowest BCUT2D eigenvalue weighted by atomic mass is 9.96. The average Bonchev–Trinajstić information content (AvgIpc) is 2.34. The second kappa shape index (κ2) is 9.03. The number of amides is 1. The van der Waals surface area contributed by atoms with Crippen LogP contribution < -0.4 is 5.32 Å². The Morgan fingerprint density at radius 1 is 1.14 bits per heavy atom. The highest BCUT2D eigenvalue weighted by Crippen LogP contribution is 2.13. The molecule has 0 aromatic rings. The van der Waals surface area contributed by atoms with Gasteiger partial charge < -0.3 is 10.0 Å². The van der Waals surface area contributed by atoms with Crippen molar-refractivity contribution >= 4 is 11.9 Å². The van der Waals surface area contributed by atoms with E-state index in [9.17, 15) is 14.7 Å². The van der Waals surface area contributed by atoms with Crippen LogP contribution in [-0.2, 0) is 9.59 Å². The van der Waals surface area contributed by atoms with E-state index in [2.05, 4.69) is 33.0 Å². The van der Waals surface area contributed by atoms with Crippen LogP contribution >= 0.6 is 0 Å². The number of nitrogens with zero attached hydrogens (tertiary/aromatic N) is 1. The third-order valence-electron chi connectivity index (χ3n) is 3.38. The van der Waals surface area contributed by atoms with Gasteiger partial charge >= 0.3 is 5.97 Å². The van der Waals surface area contributed by atoms with Gasteiger partial charge in [-0.05, 0) is 25.2 Å². The molecule has 1 amide bonds. The molecule has 2 N–H and O–H groups in total. The number of aliphatic carboxylic acids is 1. The van der Waals surface area contributed by atoms with Crippen LogP contribution in [0.15, 0.2) is 0 Å². The van der Waals surface area contributed by atoms with E-state index in [4.69, 9.17) is 0 Å². The van der Waals surface area contributed by atoms with Gasteiger partial charge in [-0.15, -0.1) is 0 Å². The first-order chi connectivity index (χ1) is 9.62. The third kappa shape index (κ3) is 7.46. The van der Waals surface area contributed by atoms with Crippen LogP contribution in [-0.4, -0.2) is 47.1 Å². The van der Waals surface area contributed by atoms with E-state index in [0.717, 1.165) is 6.42 Å². The Labute approximate surface area is 129 Å². The van der Waals surface area contributed by atoms with Crippen LogP contribution in [0.25, 0.3) is 0 Å².